The lowest BCUT2D eigenvalue weighted by molar-refractivity contribution is -0.152. The van der Waals surface area contributed by atoms with Crippen molar-refractivity contribution >= 4 is 17.8 Å². The predicted octanol–water partition coefficient (Wildman–Crippen LogP) is 8.70. The van der Waals surface area contributed by atoms with E-state index >= 15 is 0 Å². The van der Waals surface area contributed by atoms with Crippen LogP contribution in [0.5, 0.6) is 0 Å². The van der Waals surface area contributed by atoms with Gasteiger partial charge in [0.1, 0.15) is 6.04 Å². The minimum Gasteiger partial charge on any atom is -0.466 e. The fourth-order valence-corrected chi connectivity index (χ4v) is 6.04. The summed E-state index contributed by atoms with van der Waals surface area (Å²) in [5, 5.41) is 2.80. The van der Waals surface area contributed by atoms with Crippen LogP contribution in [0, 0.1) is 0 Å². The average Bonchev–Trinajstić information content (AvgIpc) is 3.02. The summed E-state index contributed by atoms with van der Waals surface area (Å²) >= 11 is 0. The predicted molar refractivity (Wildman–Crippen MR) is 177 cm³/mol. The van der Waals surface area contributed by atoms with E-state index in [4.69, 9.17) is 4.74 Å². The van der Waals surface area contributed by atoms with Gasteiger partial charge < -0.3 is 15.0 Å². The number of aryl methyl sites for hydroxylation is 1. The molecule has 1 saturated heterocycles. The highest BCUT2D eigenvalue weighted by Gasteiger charge is 2.34. The second-order valence-corrected chi connectivity index (χ2v) is 12.5. The second-order valence-electron chi connectivity index (χ2n) is 12.5. The van der Waals surface area contributed by atoms with Gasteiger partial charge >= 0.3 is 5.97 Å². The Morgan fingerprint density at radius 1 is 0.744 bits per heavy atom. The maximum Gasteiger partial charge on any atom is 0.308 e. The van der Waals surface area contributed by atoms with Gasteiger partial charge in [0.15, 0.2) is 0 Å². The third-order valence-electron chi connectivity index (χ3n) is 8.72. The molecule has 1 heterocycles. The maximum atomic E-state index is 12.9. The second kappa shape index (κ2) is 25.0. The molecule has 0 bridgehead atoms. The normalized spacial score (nSPS) is 15.0. The van der Waals surface area contributed by atoms with Gasteiger partial charge in [-0.05, 0) is 24.8 Å². The van der Waals surface area contributed by atoms with Crippen LogP contribution in [0.2, 0.25) is 0 Å². The van der Waals surface area contributed by atoms with E-state index in [1.165, 1.54) is 108 Å². The molecule has 0 aromatic heterocycles. The monoisotopic (exact) mass is 598 g/mol. The van der Waals surface area contributed by atoms with Gasteiger partial charge in [-0.15, -0.1) is 0 Å². The zero-order valence-electron chi connectivity index (χ0n) is 27.4. The smallest absolute Gasteiger partial charge is 0.308 e. The van der Waals surface area contributed by atoms with Crippen LogP contribution in [-0.2, 0) is 25.5 Å². The van der Waals surface area contributed by atoms with Crippen molar-refractivity contribution in [1.82, 2.24) is 10.2 Å². The summed E-state index contributed by atoms with van der Waals surface area (Å²) in [6.45, 7) is 3.49. The van der Waals surface area contributed by atoms with Gasteiger partial charge in [-0.25, -0.2) is 0 Å². The lowest BCUT2D eigenvalue weighted by atomic mass is 10.0. The number of esters is 1. The molecule has 6 heteroatoms. The molecule has 1 aromatic rings. The number of nitrogens with one attached hydrogen (secondary N) is 1. The third kappa shape index (κ3) is 18.1. The van der Waals surface area contributed by atoms with Crippen LogP contribution in [0.1, 0.15) is 154 Å². The molecule has 1 unspecified atom stereocenters. The fourth-order valence-electron chi connectivity index (χ4n) is 6.04. The van der Waals surface area contributed by atoms with Crippen molar-refractivity contribution in [2.75, 3.05) is 19.7 Å². The van der Waals surface area contributed by atoms with Gasteiger partial charge in [0, 0.05) is 19.5 Å². The SMILES string of the molecule is CCCCCCCCCCCCCCCCCCCCCC(=O)N1CCNC(=O)C1CC(=O)OCCCc1ccccc1. The van der Waals surface area contributed by atoms with Crippen LogP contribution in [0.4, 0.5) is 0 Å². The summed E-state index contributed by atoms with van der Waals surface area (Å²) in [5.41, 5.74) is 1.21. The Balaban J connectivity index is 1.44. The number of rotatable bonds is 26. The highest BCUT2D eigenvalue weighted by molar-refractivity contribution is 5.91. The molecule has 43 heavy (non-hydrogen) atoms. The van der Waals surface area contributed by atoms with E-state index < -0.39 is 12.0 Å². The van der Waals surface area contributed by atoms with Gasteiger partial charge in [0.05, 0.1) is 13.0 Å². The highest BCUT2D eigenvalue weighted by Crippen LogP contribution is 2.17. The Kier molecular flexibility index (Phi) is 21.4. The van der Waals surface area contributed by atoms with Crippen LogP contribution in [0.25, 0.3) is 0 Å². The van der Waals surface area contributed by atoms with Crippen LogP contribution in [0.15, 0.2) is 30.3 Å². The van der Waals surface area contributed by atoms with Crippen LogP contribution < -0.4 is 5.32 Å². The lowest BCUT2D eigenvalue weighted by Crippen LogP contribution is -2.57. The van der Waals surface area contributed by atoms with Gasteiger partial charge in [-0.3, -0.25) is 14.4 Å². The van der Waals surface area contributed by atoms with Crippen molar-refractivity contribution in [2.24, 2.45) is 0 Å². The number of carbonyl (C=O) groups is 3. The number of hydrogen-bond donors (Lipinski definition) is 1. The summed E-state index contributed by atoms with van der Waals surface area (Å²) in [6.07, 6.45) is 27.0. The number of amides is 2. The van der Waals surface area contributed by atoms with Crippen molar-refractivity contribution in [1.29, 1.82) is 0 Å². The van der Waals surface area contributed by atoms with E-state index in [0.29, 0.717) is 26.1 Å². The molecule has 1 aliphatic heterocycles. The van der Waals surface area contributed by atoms with Crippen molar-refractivity contribution in [3.05, 3.63) is 35.9 Å². The summed E-state index contributed by atoms with van der Waals surface area (Å²) in [5.74, 6) is -0.700. The molecule has 0 aliphatic carbocycles. The molecular weight excluding hydrogens is 536 g/mol. The van der Waals surface area contributed by atoms with Crippen molar-refractivity contribution in [3.63, 3.8) is 0 Å². The Labute approximate surface area is 263 Å². The number of benzene rings is 1. The lowest BCUT2D eigenvalue weighted by Gasteiger charge is -2.34. The Hall–Kier alpha value is -2.37. The molecule has 2 amide bonds. The van der Waals surface area contributed by atoms with Gasteiger partial charge in [-0.2, -0.15) is 0 Å². The first kappa shape index (κ1) is 36.8. The van der Waals surface area contributed by atoms with E-state index in [2.05, 4.69) is 24.4 Å². The number of nitrogens with zero attached hydrogens (tertiary/aromatic N) is 1. The largest absolute Gasteiger partial charge is 0.466 e. The van der Waals surface area contributed by atoms with Gasteiger partial charge in [0.25, 0.3) is 0 Å². The van der Waals surface area contributed by atoms with Crippen LogP contribution >= 0.6 is 0 Å². The highest BCUT2D eigenvalue weighted by atomic mass is 16.5. The number of unbranched alkanes of at least 4 members (excludes halogenated alkanes) is 18. The topological polar surface area (TPSA) is 75.7 Å². The molecule has 0 radical (unpaired) electrons. The van der Waals surface area contributed by atoms with Crippen molar-refractivity contribution < 1.29 is 19.1 Å². The van der Waals surface area contributed by atoms with Crippen molar-refractivity contribution in [2.45, 2.75) is 161 Å². The van der Waals surface area contributed by atoms with Gasteiger partial charge in [0.2, 0.25) is 11.8 Å². The van der Waals surface area contributed by atoms with Gasteiger partial charge in [-0.1, -0.05) is 153 Å². The maximum absolute atomic E-state index is 12.9. The molecule has 1 aliphatic rings. The molecule has 2 rings (SSSR count). The van der Waals surface area contributed by atoms with E-state index in [0.717, 1.165) is 32.1 Å². The first-order valence-corrected chi connectivity index (χ1v) is 17.9. The minimum atomic E-state index is -0.761. The average molecular weight is 599 g/mol. The zero-order chi connectivity index (χ0) is 30.8. The number of hydrogen-bond acceptors (Lipinski definition) is 4. The molecule has 6 nitrogen and oxygen atoms in total. The van der Waals surface area contributed by atoms with E-state index in [1.54, 1.807) is 4.90 Å². The molecular formula is C37H62N2O4. The van der Waals surface area contributed by atoms with Crippen LogP contribution in [-0.4, -0.2) is 48.4 Å². The van der Waals surface area contributed by atoms with E-state index in [9.17, 15) is 14.4 Å². The molecule has 1 fully saturated rings. The summed E-state index contributed by atoms with van der Waals surface area (Å²) in [7, 11) is 0. The Morgan fingerprint density at radius 3 is 1.79 bits per heavy atom. The molecule has 1 atom stereocenters. The minimum absolute atomic E-state index is 0.0244. The first-order chi connectivity index (χ1) is 21.1. The molecule has 1 N–H and O–H groups in total. The molecule has 0 spiro atoms. The summed E-state index contributed by atoms with van der Waals surface area (Å²) in [6, 6.07) is 9.32. The zero-order valence-corrected chi connectivity index (χ0v) is 27.4. The standard InChI is InChI=1S/C37H62N2O4/c1-2-3-4-5-6-7-8-9-10-11-12-13-14-15-16-17-18-19-23-28-35(40)39-30-29-38-37(42)34(39)32-36(41)43-31-24-27-33-25-21-20-22-26-33/h20-22,25-26,34H,2-19,23-24,27-32H2,1H3,(H,38,42). The molecule has 0 saturated carbocycles. The van der Waals surface area contributed by atoms with Crippen LogP contribution in [0.3, 0.4) is 0 Å². The number of piperazine rings is 1. The van der Waals surface area contributed by atoms with E-state index in [1.807, 2.05) is 18.2 Å². The quantitative estimate of drug-likeness (QED) is 0.0855. The fraction of sp³-hybridized carbons (Fsp3) is 0.757. The third-order valence-corrected chi connectivity index (χ3v) is 8.72. The first-order valence-electron chi connectivity index (χ1n) is 17.9. The Bertz CT molecular complexity index is 859. The summed E-state index contributed by atoms with van der Waals surface area (Å²) < 4.78 is 5.39. The van der Waals surface area contributed by atoms with E-state index in [-0.39, 0.29) is 18.2 Å². The van der Waals surface area contributed by atoms with Crippen molar-refractivity contribution in [3.8, 4) is 0 Å². The Morgan fingerprint density at radius 2 is 1.26 bits per heavy atom. The number of carbonyl (C=O) groups excluding carboxylic acids is 3. The molecule has 244 valence electrons. The summed E-state index contributed by atoms with van der Waals surface area (Å²) in [4.78, 5) is 39.5. The molecule has 1 aromatic carbocycles. The number of ether oxygens (including phenoxy) is 1.